The number of carbonyl (C=O) groups excluding carboxylic acids is 1. The average molecular weight is 348 g/mol. The van der Waals surface area contributed by atoms with Gasteiger partial charge in [-0.25, -0.2) is 9.78 Å². The first-order valence-electron chi connectivity index (χ1n) is 7.45. The summed E-state index contributed by atoms with van der Waals surface area (Å²) in [6.07, 6.45) is 1.82. The number of methoxy groups -OCH3 is 2. The molecule has 0 aromatic carbocycles. The molecule has 0 aliphatic carbocycles. The fourth-order valence-electron chi connectivity index (χ4n) is 2.09. The molecule has 2 aromatic heterocycles. The molecule has 1 aliphatic rings. The summed E-state index contributed by atoms with van der Waals surface area (Å²) < 4.78 is 26.0. The third-order valence-electron chi connectivity index (χ3n) is 3.27. The van der Waals surface area contributed by atoms with Gasteiger partial charge >= 0.3 is 24.0 Å². The van der Waals surface area contributed by atoms with Gasteiger partial charge in [0.1, 0.15) is 6.10 Å². The van der Waals surface area contributed by atoms with E-state index >= 15 is 0 Å². The highest BCUT2D eigenvalue weighted by atomic mass is 16.6. The van der Waals surface area contributed by atoms with Crippen LogP contribution in [0.2, 0.25) is 0 Å². The van der Waals surface area contributed by atoms with Gasteiger partial charge in [-0.2, -0.15) is 0 Å². The fourth-order valence-corrected chi connectivity index (χ4v) is 2.09. The van der Waals surface area contributed by atoms with Crippen LogP contribution in [0.25, 0.3) is 0 Å². The van der Waals surface area contributed by atoms with Gasteiger partial charge in [-0.1, -0.05) is 0 Å². The van der Waals surface area contributed by atoms with Crippen LogP contribution in [-0.2, 0) is 9.47 Å². The molecule has 1 atom stereocenters. The second-order valence-electron chi connectivity index (χ2n) is 4.93. The van der Waals surface area contributed by atoms with E-state index in [0.717, 1.165) is 0 Å². The van der Waals surface area contributed by atoms with Crippen molar-refractivity contribution in [3.63, 3.8) is 0 Å². The minimum Gasteiger partial charge on any atom is -0.467 e. The van der Waals surface area contributed by atoms with Gasteiger partial charge in [0, 0.05) is 12.6 Å². The van der Waals surface area contributed by atoms with Crippen LogP contribution in [0.5, 0.6) is 23.8 Å². The van der Waals surface area contributed by atoms with Crippen LogP contribution < -0.4 is 14.2 Å². The van der Waals surface area contributed by atoms with Gasteiger partial charge in [-0.15, -0.1) is 15.0 Å². The molecule has 0 saturated carbocycles. The predicted molar refractivity (Wildman–Crippen MR) is 81.9 cm³/mol. The molecule has 2 aromatic rings. The number of hydrogen-bond donors (Lipinski definition) is 0. The van der Waals surface area contributed by atoms with Crippen LogP contribution in [0.4, 0.5) is 0 Å². The van der Waals surface area contributed by atoms with Crippen molar-refractivity contribution in [1.29, 1.82) is 0 Å². The zero-order valence-corrected chi connectivity index (χ0v) is 13.7. The molecule has 0 amide bonds. The van der Waals surface area contributed by atoms with Crippen molar-refractivity contribution in [3.05, 3.63) is 24.0 Å². The molecule has 0 N–H and O–H groups in total. The van der Waals surface area contributed by atoms with Crippen LogP contribution >= 0.6 is 0 Å². The van der Waals surface area contributed by atoms with Crippen molar-refractivity contribution < 1.29 is 28.5 Å². The van der Waals surface area contributed by atoms with E-state index in [4.69, 9.17) is 23.7 Å². The minimum atomic E-state index is -0.612. The lowest BCUT2D eigenvalue weighted by molar-refractivity contribution is 0.0261. The number of ether oxygens (including phenoxy) is 5. The Balaban J connectivity index is 1.82. The number of aromatic nitrogens is 4. The first-order valence-corrected chi connectivity index (χ1v) is 7.45. The van der Waals surface area contributed by atoms with E-state index in [9.17, 15) is 4.79 Å². The summed E-state index contributed by atoms with van der Waals surface area (Å²) in [6.45, 7) is 0.935. The van der Waals surface area contributed by atoms with Crippen molar-refractivity contribution in [2.45, 2.75) is 12.5 Å². The Morgan fingerprint density at radius 3 is 2.52 bits per heavy atom. The number of carbonyl (C=O) groups is 1. The Morgan fingerprint density at radius 2 is 1.88 bits per heavy atom. The van der Waals surface area contributed by atoms with E-state index in [1.54, 1.807) is 12.1 Å². The molecular formula is C15H16N4O6. The van der Waals surface area contributed by atoms with E-state index in [1.807, 2.05) is 0 Å². The summed E-state index contributed by atoms with van der Waals surface area (Å²) >= 11 is 0. The number of pyridine rings is 1. The maximum Gasteiger partial charge on any atom is 0.361 e. The number of nitrogens with zero attached hydrogens (tertiary/aromatic N) is 4. The number of rotatable bonds is 6. The van der Waals surface area contributed by atoms with Gasteiger partial charge in [-0.3, -0.25) is 0 Å². The monoisotopic (exact) mass is 348 g/mol. The predicted octanol–water partition coefficient (Wildman–Crippen LogP) is 1.02. The van der Waals surface area contributed by atoms with Gasteiger partial charge in [0.2, 0.25) is 0 Å². The van der Waals surface area contributed by atoms with Crippen LogP contribution in [0.15, 0.2) is 18.3 Å². The largest absolute Gasteiger partial charge is 0.467 e. The number of esters is 1. The highest BCUT2D eigenvalue weighted by Crippen LogP contribution is 2.25. The van der Waals surface area contributed by atoms with E-state index < -0.39 is 5.97 Å². The van der Waals surface area contributed by atoms with Gasteiger partial charge in [-0.05, 0) is 12.1 Å². The molecule has 3 heterocycles. The molecule has 1 unspecified atom stereocenters. The first-order chi connectivity index (χ1) is 12.2. The Labute approximate surface area is 143 Å². The van der Waals surface area contributed by atoms with E-state index in [-0.39, 0.29) is 35.6 Å². The summed E-state index contributed by atoms with van der Waals surface area (Å²) in [5.41, 5.74) is 0.00717. The molecule has 10 nitrogen and oxygen atoms in total. The molecule has 3 rings (SSSR count). The summed E-state index contributed by atoms with van der Waals surface area (Å²) in [7, 11) is 2.80. The SMILES string of the molecule is COc1nc(OC)nc(Oc2cccnc2C(=O)OC2CCOC2)n1. The first kappa shape index (κ1) is 16.8. The number of hydrogen-bond acceptors (Lipinski definition) is 10. The van der Waals surface area contributed by atoms with Crippen molar-refractivity contribution in [2.24, 2.45) is 0 Å². The average Bonchev–Trinajstić information content (AvgIpc) is 3.14. The van der Waals surface area contributed by atoms with Crippen LogP contribution in [0.3, 0.4) is 0 Å². The molecule has 10 heteroatoms. The Kier molecular flexibility index (Phi) is 5.19. The topological polar surface area (TPSA) is 115 Å². The third kappa shape index (κ3) is 4.10. The van der Waals surface area contributed by atoms with Crippen molar-refractivity contribution >= 4 is 5.97 Å². The van der Waals surface area contributed by atoms with Gasteiger partial charge in [0.25, 0.3) is 0 Å². The van der Waals surface area contributed by atoms with Gasteiger partial charge in [0.15, 0.2) is 11.4 Å². The summed E-state index contributed by atoms with van der Waals surface area (Å²) in [5.74, 6) is -0.471. The third-order valence-corrected chi connectivity index (χ3v) is 3.27. The zero-order chi connectivity index (χ0) is 17.6. The maximum absolute atomic E-state index is 12.3. The molecule has 1 saturated heterocycles. The Morgan fingerprint density at radius 1 is 1.16 bits per heavy atom. The van der Waals surface area contributed by atoms with Crippen LogP contribution in [-0.4, -0.2) is 59.4 Å². The standard InChI is InChI=1S/C15H16N4O6/c1-21-13-17-14(22-2)19-15(18-13)25-10-4-3-6-16-11(10)12(20)24-9-5-7-23-8-9/h3-4,6,9H,5,7-8H2,1-2H3. The van der Waals surface area contributed by atoms with Gasteiger partial charge in [0.05, 0.1) is 27.4 Å². The summed E-state index contributed by atoms with van der Waals surface area (Å²) in [4.78, 5) is 28.1. The highest BCUT2D eigenvalue weighted by molar-refractivity contribution is 5.90. The molecule has 25 heavy (non-hydrogen) atoms. The Bertz CT molecular complexity index is 728. The second kappa shape index (κ2) is 7.71. The molecule has 0 spiro atoms. The van der Waals surface area contributed by atoms with Gasteiger partial charge < -0.3 is 23.7 Å². The molecular weight excluding hydrogens is 332 g/mol. The maximum atomic E-state index is 12.3. The smallest absolute Gasteiger partial charge is 0.361 e. The molecule has 0 bridgehead atoms. The lowest BCUT2D eigenvalue weighted by atomic mass is 10.3. The van der Waals surface area contributed by atoms with Crippen LogP contribution in [0.1, 0.15) is 16.9 Å². The van der Waals surface area contributed by atoms with Crippen molar-refractivity contribution in [1.82, 2.24) is 19.9 Å². The highest BCUT2D eigenvalue weighted by Gasteiger charge is 2.24. The molecule has 1 aliphatic heterocycles. The van der Waals surface area contributed by atoms with Crippen molar-refractivity contribution in [2.75, 3.05) is 27.4 Å². The summed E-state index contributed by atoms with van der Waals surface area (Å²) in [6, 6.07) is 3.09. The van der Waals surface area contributed by atoms with E-state index in [0.29, 0.717) is 19.6 Å². The Hall–Kier alpha value is -3.01. The summed E-state index contributed by atoms with van der Waals surface area (Å²) in [5, 5.41) is 0. The van der Waals surface area contributed by atoms with E-state index in [2.05, 4.69) is 19.9 Å². The van der Waals surface area contributed by atoms with Crippen molar-refractivity contribution in [3.8, 4) is 23.8 Å². The molecule has 1 fully saturated rings. The van der Waals surface area contributed by atoms with E-state index in [1.165, 1.54) is 20.4 Å². The lowest BCUT2D eigenvalue weighted by Gasteiger charge is -2.12. The zero-order valence-electron chi connectivity index (χ0n) is 13.7. The normalized spacial score (nSPS) is 16.3. The minimum absolute atomic E-state index is 0.00717. The second-order valence-corrected chi connectivity index (χ2v) is 4.93. The van der Waals surface area contributed by atoms with Crippen LogP contribution in [0, 0.1) is 0 Å². The lowest BCUT2D eigenvalue weighted by Crippen LogP contribution is -2.19. The quantitative estimate of drug-likeness (QED) is 0.701. The fraction of sp³-hybridized carbons (Fsp3) is 0.400. The molecule has 132 valence electrons. The molecule has 0 radical (unpaired) electrons.